The molecule has 0 saturated carbocycles. The van der Waals surface area contributed by atoms with E-state index in [0.717, 1.165) is 5.75 Å². The number of amides is 1. The molecule has 0 aliphatic rings. The van der Waals surface area contributed by atoms with Crippen LogP contribution in [0.2, 0.25) is 5.02 Å². The highest BCUT2D eigenvalue weighted by Gasteiger charge is 2.16. The molecule has 0 spiro atoms. The van der Waals surface area contributed by atoms with Crippen molar-refractivity contribution in [1.29, 1.82) is 0 Å². The van der Waals surface area contributed by atoms with Gasteiger partial charge in [-0.05, 0) is 30.1 Å². The van der Waals surface area contributed by atoms with E-state index in [-0.39, 0.29) is 22.2 Å². The fourth-order valence-corrected chi connectivity index (χ4v) is 2.38. The predicted octanol–water partition coefficient (Wildman–Crippen LogP) is 2.98. The molecule has 0 heterocycles. The number of hydrogen-bond donors (Lipinski definition) is 1. The molecule has 0 radical (unpaired) electrons. The van der Waals surface area contributed by atoms with Gasteiger partial charge in [0.05, 0.1) is 4.92 Å². The van der Waals surface area contributed by atoms with Crippen LogP contribution >= 0.6 is 23.4 Å². The van der Waals surface area contributed by atoms with Gasteiger partial charge in [0.1, 0.15) is 5.02 Å². The standard InChI is InChI=1S/C12H15ClN2O3S/c1-8(7-19-2)6-14-12(16)9-3-4-10(13)11(5-9)15(17)18/h3-5,8H,6-7H2,1-2H3,(H,14,16). The van der Waals surface area contributed by atoms with E-state index >= 15 is 0 Å². The zero-order chi connectivity index (χ0) is 14.4. The minimum atomic E-state index is -0.602. The maximum Gasteiger partial charge on any atom is 0.288 e. The van der Waals surface area contributed by atoms with Gasteiger partial charge in [-0.25, -0.2) is 0 Å². The molecule has 1 aromatic carbocycles. The molecule has 0 fully saturated rings. The summed E-state index contributed by atoms with van der Waals surface area (Å²) in [7, 11) is 0. The Morgan fingerprint density at radius 1 is 1.58 bits per heavy atom. The molecule has 19 heavy (non-hydrogen) atoms. The summed E-state index contributed by atoms with van der Waals surface area (Å²) in [4.78, 5) is 22.0. The van der Waals surface area contributed by atoms with Crippen molar-refractivity contribution in [3.63, 3.8) is 0 Å². The molecule has 1 atom stereocenters. The first kappa shape index (κ1) is 15.8. The van der Waals surface area contributed by atoms with Crippen LogP contribution < -0.4 is 5.32 Å². The Kier molecular flexibility index (Phi) is 6.11. The molecule has 7 heteroatoms. The van der Waals surface area contributed by atoms with E-state index in [9.17, 15) is 14.9 Å². The topological polar surface area (TPSA) is 72.2 Å². The van der Waals surface area contributed by atoms with E-state index in [4.69, 9.17) is 11.6 Å². The van der Waals surface area contributed by atoms with Gasteiger partial charge in [0, 0.05) is 18.2 Å². The number of carbonyl (C=O) groups is 1. The molecule has 0 saturated heterocycles. The number of nitrogens with zero attached hydrogens (tertiary/aromatic N) is 1. The van der Waals surface area contributed by atoms with Crippen molar-refractivity contribution >= 4 is 35.0 Å². The van der Waals surface area contributed by atoms with Crippen LogP contribution in [-0.2, 0) is 0 Å². The van der Waals surface area contributed by atoms with Crippen LogP contribution in [0.5, 0.6) is 0 Å². The molecule has 5 nitrogen and oxygen atoms in total. The second kappa shape index (κ2) is 7.35. The van der Waals surface area contributed by atoms with Gasteiger partial charge in [0.2, 0.25) is 0 Å². The van der Waals surface area contributed by atoms with Crippen molar-refractivity contribution in [2.45, 2.75) is 6.92 Å². The van der Waals surface area contributed by atoms with Crippen LogP contribution in [-0.4, -0.2) is 29.4 Å². The van der Waals surface area contributed by atoms with E-state index in [1.54, 1.807) is 11.8 Å². The van der Waals surface area contributed by atoms with E-state index in [1.165, 1.54) is 18.2 Å². The molecule has 1 N–H and O–H groups in total. The molecule has 0 bridgehead atoms. The van der Waals surface area contributed by atoms with Gasteiger partial charge < -0.3 is 5.32 Å². The normalized spacial score (nSPS) is 11.9. The lowest BCUT2D eigenvalue weighted by Crippen LogP contribution is -2.29. The number of thioether (sulfide) groups is 1. The number of halogens is 1. The lowest BCUT2D eigenvalue weighted by atomic mass is 10.1. The van der Waals surface area contributed by atoms with Crippen LogP contribution in [0, 0.1) is 16.0 Å². The SMILES string of the molecule is CSCC(C)CNC(=O)c1ccc(Cl)c([N+](=O)[O-])c1. The van der Waals surface area contributed by atoms with Crippen LogP contribution in [0.15, 0.2) is 18.2 Å². The first-order valence-corrected chi connectivity index (χ1v) is 7.44. The average Bonchev–Trinajstić information content (AvgIpc) is 2.36. The Hall–Kier alpha value is -1.27. The van der Waals surface area contributed by atoms with Crippen LogP contribution in [0.25, 0.3) is 0 Å². The van der Waals surface area contributed by atoms with Crippen LogP contribution in [0.1, 0.15) is 17.3 Å². The Morgan fingerprint density at radius 3 is 2.84 bits per heavy atom. The summed E-state index contributed by atoms with van der Waals surface area (Å²) >= 11 is 7.40. The van der Waals surface area contributed by atoms with Crippen molar-refractivity contribution in [1.82, 2.24) is 5.32 Å². The van der Waals surface area contributed by atoms with E-state index in [1.807, 2.05) is 13.2 Å². The third-order valence-corrected chi connectivity index (χ3v) is 3.69. The van der Waals surface area contributed by atoms with Crippen molar-refractivity contribution < 1.29 is 9.72 Å². The van der Waals surface area contributed by atoms with Crippen LogP contribution in [0.3, 0.4) is 0 Å². The van der Waals surface area contributed by atoms with Gasteiger partial charge >= 0.3 is 0 Å². The number of carbonyl (C=O) groups excluding carboxylic acids is 1. The molecule has 1 amide bonds. The summed E-state index contributed by atoms with van der Waals surface area (Å²) in [5.74, 6) is 0.968. The lowest BCUT2D eigenvalue weighted by Gasteiger charge is -2.11. The molecule has 0 aromatic heterocycles. The summed E-state index contributed by atoms with van der Waals surface area (Å²) in [6.07, 6.45) is 2.00. The monoisotopic (exact) mass is 302 g/mol. The van der Waals surface area contributed by atoms with E-state index < -0.39 is 4.92 Å². The van der Waals surface area contributed by atoms with Gasteiger partial charge in [0.25, 0.3) is 11.6 Å². The Bertz CT molecular complexity index is 482. The van der Waals surface area contributed by atoms with E-state index in [2.05, 4.69) is 5.32 Å². The fourth-order valence-electron chi connectivity index (χ4n) is 1.51. The maximum atomic E-state index is 11.9. The average molecular weight is 303 g/mol. The van der Waals surface area contributed by atoms with Crippen molar-refractivity contribution in [3.8, 4) is 0 Å². The van der Waals surface area contributed by atoms with Crippen molar-refractivity contribution in [2.24, 2.45) is 5.92 Å². The first-order valence-electron chi connectivity index (χ1n) is 5.66. The van der Waals surface area contributed by atoms with Gasteiger partial charge in [-0.2, -0.15) is 11.8 Å². The Morgan fingerprint density at radius 2 is 2.26 bits per heavy atom. The van der Waals surface area contributed by atoms with Gasteiger partial charge in [-0.15, -0.1) is 0 Å². The van der Waals surface area contributed by atoms with E-state index in [0.29, 0.717) is 12.5 Å². The van der Waals surface area contributed by atoms with Crippen molar-refractivity contribution in [3.05, 3.63) is 38.9 Å². The highest BCUT2D eigenvalue weighted by Crippen LogP contribution is 2.24. The van der Waals surface area contributed by atoms with Gasteiger partial charge in [-0.3, -0.25) is 14.9 Å². The maximum absolute atomic E-state index is 11.9. The third-order valence-electron chi connectivity index (χ3n) is 2.47. The second-order valence-corrected chi connectivity index (χ2v) is 5.51. The predicted molar refractivity (Wildman–Crippen MR) is 78.0 cm³/mol. The minimum Gasteiger partial charge on any atom is -0.352 e. The summed E-state index contributed by atoms with van der Waals surface area (Å²) < 4.78 is 0. The number of nitrogens with one attached hydrogen (secondary N) is 1. The molecule has 1 aromatic rings. The molecule has 0 aliphatic heterocycles. The largest absolute Gasteiger partial charge is 0.352 e. The molecule has 1 rings (SSSR count). The third kappa shape index (κ3) is 4.72. The van der Waals surface area contributed by atoms with Gasteiger partial charge in [-0.1, -0.05) is 18.5 Å². The molecule has 0 aliphatic carbocycles. The van der Waals surface area contributed by atoms with Gasteiger partial charge in [0.15, 0.2) is 0 Å². The number of benzene rings is 1. The lowest BCUT2D eigenvalue weighted by molar-refractivity contribution is -0.384. The highest BCUT2D eigenvalue weighted by atomic mass is 35.5. The molecule has 1 unspecified atom stereocenters. The molecular weight excluding hydrogens is 288 g/mol. The van der Waals surface area contributed by atoms with Crippen LogP contribution in [0.4, 0.5) is 5.69 Å². The quantitative estimate of drug-likeness (QED) is 0.647. The first-order chi connectivity index (χ1) is 8.95. The summed E-state index contributed by atoms with van der Waals surface area (Å²) in [6.45, 7) is 2.57. The summed E-state index contributed by atoms with van der Waals surface area (Å²) in [5.41, 5.74) is -0.0149. The second-order valence-electron chi connectivity index (χ2n) is 4.19. The number of rotatable bonds is 6. The number of nitro benzene ring substituents is 1. The molecule has 104 valence electrons. The molecular formula is C12H15ClN2O3S. The highest BCUT2D eigenvalue weighted by molar-refractivity contribution is 7.98. The zero-order valence-electron chi connectivity index (χ0n) is 10.7. The minimum absolute atomic E-state index is 0.0253. The summed E-state index contributed by atoms with van der Waals surface area (Å²) in [5, 5.41) is 13.5. The fraction of sp³-hybridized carbons (Fsp3) is 0.417. The smallest absolute Gasteiger partial charge is 0.288 e. The zero-order valence-corrected chi connectivity index (χ0v) is 12.3. The van der Waals surface area contributed by atoms with Crippen molar-refractivity contribution in [2.75, 3.05) is 18.6 Å². The number of hydrogen-bond acceptors (Lipinski definition) is 4. The Labute approximate surface area is 120 Å². The number of nitro groups is 1. The summed E-state index contributed by atoms with van der Waals surface area (Å²) in [6, 6.07) is 4.03. The Balaban J connectivity index is 2.72.